The van der Waals surface area contributed by atoms with E-state index in [2.05, 4.69) is 10.3 Å². The number of rotatable bonds is 2. The molecule has 2 aliphatic rings. The van der Waals surface area contributed by atoms with Gasteiger partial charge < -0.3 is 16.0 Å². The fourth-order valence-corrected chi connectivity index (χ4v) is 4.11. The van der Waals surface area contributed by atoms with Crippen LogP contribution in [0.4, 0.5) is 5.69 Å². The van der Waals surface area contributed by atoms with Gasteiger partial charge >= 0.3 is 11.8 Å². The minimum Gasteiger partial charge on any atom is -0.366 e. The Bertz CT molecular complexity index is 691. The first kappa shape index (κ1) is 17.4. The molecule has 7 heteroatoms. The highest BCUT2D eigenvalue weighted by Gasteiger charge is 2.41. The van der Waals surface area contributed by atoms with Crippen molar-refractivity contribution < 1.29 is 14.4 Å². The summed E-state index contributed by atoms with van der Waals surface area (Å²) < 4.78 is 0. The van der Waals surface area contributed by atoms with Crippen molar-refractivity contribution in [2.75, 3.05) is 5.32 Å². The van der Waals surface area contributed by atoms with Gasteiger partial charge in [0.1, 0.15) is 0 Å². The highest BCUT2D eigenvalue weighted by Crippen LogP contribution is 2.37. The number of fused-ring (bicyclic) bond motifs is 1. The van der Waals surface area contributed by atoms with E-state index in [1.165, 1.54) is 24.9 Å². The summed E-state index contributed by atoms with van der Waals surface area (Å²) in [5, 5.41) is 2.55. The largest absolute Gasteiger partial charge is 0.366 e. The van der Waals surface area contributed by atoms with Crippen molar-refractivity contribution in [3.05, 3.63) is 24.0 Å². The number of nitrogens with zero attached hydrogens (tertiary/aromatic N) is 2. The lowest BCUT2D eigenvalue weighted by molar-refractivity contribution is -0.150. The van der Waals surface area contributed by atoms with Crippen LogP contribution in [0.15, 0.2) is 18.5 Å². The molecule has 0 spiro atoms. The molecule has 1 aromatic heterocycles. The first-order chi connectivity index (χ1) is 12.0. The Labute approximate surface area is 147 Å². The number of piperidine rings is 1. The molecule has 1 aliphatic heterocycles. The van der Waals surface area contributed by atoms with Gasteiger partial charge in [0.2, 0.25) is 5.91 Å². The van der Waals surface area contributed by atoms with Gasteiger partial charge in [0.25, 0.3) is 0 Å². The molecule has 25 heavy (non-hydrogen) atoms. The third-order valence-electron chi connectivity index (χ3n) is 5.37. The lowest BCUT2D eigenvalue weighted by Crippen LogP contribution is -2.56. The van der Waals surface area contributed by atoms with Gasteiger partial charge in [0.05, 0.1) is 17.4 Å². The molecule has 2 fully saturated rings. The van der Waals surface area contributed by atoms with Crippen molar-refractivity contribution in [2.24, 2.45) is 11.7 Å². The molecule has 0 radical (unpaired) electrons. The summed E-state index contributed by atoms with van der Waals surface area (Å²) in [6, 6.07) is 1.64. The molecule has 0 bridgehead atoms. The first-order valence-electron chi connectivity index (χ1n) is 8.86. The number of nitrogens with one attached hydrogen (secondary N) is 1. The van der Waals surface area contributed by atoms with Crippen LogP contribution in [-0.4, -0.2) is 39.7 Å². The molecule has 1 saturated carbocycles. The summed E-state index contributed by atoms with van der Waals surface area (Å²) in [5.74, 6) is -1.33. The number of hydrogen-bond donors (Lipinski definition) is 2. The third-order valence-corrected chi connectivity index (χ3v) is 5.37. The highest BCUT2D eigenvalue weighted by atomic mass is 16.2. The number of anilines is 1. The highest BCUT2D eigenvalue weighted by molar-refractivity contribution is 6.39. The molecule has 134 valence electrons. The van der Waals surface area contributed by atoms with Crippen molar-refractivity contribution in [3.63, 3.8) is 0 Å². The van der Waals surface area contributed by atoms with E-state index >= 15 is 0 Å². The van der Waals surface area contributed by atoms with Gasteiger partial charge in [-0.3, -0.25) is 19.4 Å². The minimum atomic E-state index is -0.693. The smallest absolute Gasteiger partial charge is 0.313 e. The molecule has 3 N–H and O–H groups in total. The van der Waals surface area contributed by atoms with Crippen molar-refractivity contribution >= 4 is 23.4 Å². The van der Waals surface area contributed by atoms with E-state index in [1.807, 2.05) is 6.92 Å². The van der Waals surface area contributed by atoms with Crippen LogP contribution in [0.3, 0.4) is 0 Å². The summed E-state index contributed by atoms with van der Waals surface area (Å²) in [4.78, 5) is 42.1. The van der Waals surface area contributed by atoms with E-state index in [-0.39, 0.29) is 17.6 Å². The first-order valence-corrected chi connectivity index (χ1v) is 8.86. The number of nitrogens with two attached hydrogens (primary N) is 1. The Morgan fingerprint density at radius 3 is 2.68 bits per heavy atom. The standard InChI is InChI=1S/C18H24N4O3/c1-11-6-7-12-4-2-3-5-15(12)22(11)18(25)17(24)21-14-8-13(16(19)23)9-20-10-14/h8-12,15H,2-7H2,1H3,(H2,19,23)(H,21,24). The van der Waals surface area contributed by atoms with Crippen molar-refractivity contribution in [1.82, 2.24) is 9.88 Å². The molecule has 3 unspecified atom stereocenters. The zero-order valence-corrected chi connectivity index (χ0v) is 14.4. The maximum Gasteiger partial charge on any atom is 0.313 e. The number of hydrogen-bond acceptors (Lipinski definition) is 4. The monoisotopic (exact) mass is 344 g/mol. The molecule has 2 heterocycles. The predicted molar refractivity (Wildman–Crippen MR) is 92.7 cm³/mol. The molecule has 3 amide bonds. The van der Waals surface area contributed by atoms with Crippen LogP contribution in [0.1, 0.15) is 55.8 Å². The summed E-state index contributed by atoms with van der Waals surface area (Å²) in [7, 11) is 0. The summed E-state index contributed by atoms with van der Waals surface area (Å²) in [5.41, 5.74) is 5.69. The van der Waals surface area contributed by atoms with Crippen LogP contribution < -0.4 is 11.1 Å². The lowest BCUT2D eigenvalue weighted by atomic mass is 9.76. The third kappa shape index (κ3) is 3.65. The topological polar surface area (TPSA) is 105 Å². The Morgan fingerprint density at radius 1 is 1.16 bits per heavy atom. The maximum atomic E-state index is 12.8. The van der Waals surface area contributed by atoms with Crippen LogP contribution in [0.2, 0.25) is 0 Å². The second-order valence-corrected chi connectivity index (χ2v) is 7.03. The van der Waals surface area contributed by atoms with Crippen LogP contribution in [0.25, 0.3) is 0 Å². The fourth-order valence-electron chi connectivity index (χ4n) is 4.11. The molecule has 7 nitrogen and oxygen atoms in total. The maximum absolute atomic E-state index is 12.8. The predicted octanol–water partition coefficient (Wildman–Crippen LogP) is 1.69. The van der Waals surface area contributed by atoms with Crippen LogP contribution >= 0.6 is 0 Å². The summed E-state index contributed by atoms with van der Waals surface area (Å²) in [6.45, 7) is 2.01. The Kier molecular flexibility index (Phi) is 5.01. The number of likely N-dealkylation sites (tertiary alicyclic amines) is 1. The van der Waals surface area contributed by atoms with Gasteiger partial charge in [-0.1, -0.05) is 12.8 Å². The Morgan fingerprint density at radius 2 is 1.92 bits per heavy atom. The van der Waals surface area contributed by atoms with Crippen molar-refractivity contribution in [1.29, 1.82) is 0 Å². The second kappa shape index (κ2) is 7.21. The summed E-state index contributed by atoms with van der Waals surface area (Å²) in [6.07, 6.45) is 9.17. The number of carbonyl (C=O) groups excluding carboxylic acids is 3. The van der Waals surface area contributed by atoms with E-state index in [0.717, 1.165) is 32.1 Å². The number of primary amides is 1. The Hall–Kier alpha value is -2.44. The van der Waals surface area contributed by atoms with Gasteiger partial charge in [-0.15, -0.1) is 0 Å². The van der Waals surface area contributed by atoms with Gasteiger partial charge in [0.15, 0.2) is 0 Å². The molecule has 3 atom stereocenters. The van der Waals surface area contributed by atoms with Crippen LogP contribution in [0.5, 0.6) is 0 Å². The van der Waals surface area contributed by atoms with E-state index in [4.69, 9.17) is 5.73 Å². The van der Waals surface area contributed by atoms with Gasteiger partial charge in [-0.05, 0) is 44.6 Å². The average Bonchev–Trinajstić information content (AvgIpc) is 2.61. The second-order valence-electron chi connectivity index (χ2n) is 7.03. The van der Waals surface area contributed by atoms with Crippen molar-refractivity contribution in [3.8, 4) is 0 Å². The number of aromatic nitrogens is 1. The van der Waals surface area contributed by atoms with Crippen LogP contribution in [-0.2, 0) is 9.59 Å². The molecule has 1 aliphatic carbocycles. The number of pyridine rings is 1. The van der Waals surface area contributed by atoms with E-state index in [0.29, 0.717) is 11.6 Å². The number of amides is 3. The average molecular weight is 344 g/mol. The fraction of sp³-hybridized carbons (Fsp3) is 0.556. The summed E-state index contributed by atoms with van der Waals surface area (Å²) >= 11 is 0. The van der Waals surface area contributed by atoms with E-state index in [1.54, 1.807) is 4.90 Å². The zero-order chi connectivity index (χ0) is 18.0. The number of carbonyl (C=O) groups is 3. The normalized spacial score (nSPS) is 25.8. The van der Waals surface area contributed by atoms with Crippen molar-refractivity contribution in [2.45, 2.75) is 57.5 Å². The molecular formula is C18H24N4O3. The quantitative estimate of drug-likeness (QED) is 0.796. The van der Waals surface area contributed by atoms with E-state index in [9.17, 15) is 14.4 Å². The zero-order valence-electron chi connectivity index (χ0n) is 14.4. The van der Waals surface area contributed by atoms with Gasteiger partial charge in [0, 0.05) is 18.3 Å². The minimum absolute atomic E-state index is 0.0627. The molecule has 0 aromatic carbocycles. The van der Waals surface area contributed by atoms with Gasteiger partial charge in [-0.25, -0.2) is 0 Å². The molecule has 1 aromatic rings. The van der Waals surface area contributed by atoms with E-state index < -0.39 is 17.7 Å². The molecule has 3 rings (SSSR count). The Balaban J connectivity index is 1.73. The molecular weight excluding hydrogens is 320 g/mol. The van der Waals surface area contributed by atoms with Gasteiger partial charge in [-0.2, -0.15) is 0 Å². The van der Waals surface area contributed by atoms with Crippen LogP contribution in [0, 0.1) is 5.92 Å². The molecule has 1 saturated heterocycles. The lowest BCUT2D eigenvalue weighted by Gasteiger charge is -2.47. The SMILES string of the molecule is CC1CCC2CCCCC2N1C(=O)C(=O)Nc1cncc(C(N)=O)c1.